The van der Waals surface area contributed by atoms with E-state index in [1.165, 1.54) is 16.8 Å². The monoisotopic (exact) mass is 391 g/mol. The smallest absolute Gasteiger partial charge is 0.0673 e. The molecule has 0 fully saturated rings. The predicted molar refractivity (Wildman–Crippen MR) is 109 cm³/mol. The van der Waals surface area contributed by atoms with Gasteiger partial charge >= 0.3 is 0 Å². The summed E-state index contributed by atoms with van der Waals surface area (Å²) in [6.45, 7) is 10.2. The SMILES string of the molecule is CC/C=C/C(C)=N/N(Cc1ccccc1Br)C(CCNC)=C(C)C. The van der Waals surface area contributed by atoms with Gasteiger partial charge in [-0.3, -0.25) is 5.01 Å². The van der Waals surface area contributed by atoms with Gasteiger partial charge in [0.2, 0.25) is 0 Å². The van der Waals surface area contributed by atoms with E-state index in [-0.39, 0.29) is 0 Å². The minimum atomic E-state index is 0.753. The molecule has 0 radical (unpaired) electrons. The molecule has 0 aliphatic heterocycles. The summed E-state index contributed by atoms with van der Waals surface area (Å²) in [5, 5.41) is 10.3. The highest BCUT2D eigenvalue weighted by atomic mass is 79.9. The third-order valence-corrected chi connectivity index (χ3v) is 4.43. The van der Waals surface area contributed by atoms with Crippen molar-refractivity contribution in [1.82, 2.24) is 10.3 Å². The third-order valence-electron chi connectivity index (χ3n) is 3.65. The zero-order chi connectivity index (χ0) is 17.9. The minimum absolute atomic E-state index is 0.753. The highest BCUT2D eigenvalue weighted by Gasteiger charge is 2.13. The van der Waals surface area contributed by atoms with Crippen molar-refractivity contribution in [3.63, 3.8) is 0 Å². The van der Waals surface area contributed by atoms with Crippen LogP contribution >= 0.6 is 15.9 Å². The molecule has 0 heterocycles. The predicted octanol–water partition coefficient (Wildman–Crippen LogP) is 5.50. The number of halogens is 1. The number of hydrogen-bond donors (Lipinski definition) is 1. The van der Waals surface area contributed by atoms with Gasteiger partial charge in [0.1, 0.15) is 0 Å². The number of allylic oxidation sites excluding steroid dienone is 3. The fourth-order valence-corrected chi connectivity index (χ4v) is 2.78. The Bertz CT molecular complexity index is 599. The van der Waals surface area contributed by atoms with E-state index in [0.29, 0.717) is 0 Å². The zero-order valence-electron chi connectivity index (χ0n) is 15.6. The van der Waals surface area contributed by atoms with Gasteiger partial charge in [0.25, 0.3) is 0 Å². The quantitative estimate of drug-likeness (QED) is 0.444. The molecule has 0 atom stereocenters. The molecule has 0 amide bonds. The van der Waals surface area contributed by atoms with Gasteiger partial charge in [-0.25, -0.2) is 0 Å². The second kappa shape index (κ2) is 11.2. The van der Waals surface area contributed by atoms with E-state index in [0.717, 1.165) is 36.1 Å². The lowest BCUT2D eigenvalue weighted by Gasteiger charge is -2.25. The minimum Gasteiger partial charge on any atom is -0.319 e. The second-order valence-corrected chi connectivity index (χ2v) is 6.86. The van der Waals surface area contributed by atoms with Crippen LogP contribution in [0.4, 0.5) is 0 Å². The summed E-state index contributed by atoms with van der Waals surface area (Å²) in [7, 11) is 1.99. The van der Waals surface area contributed by atoms with E-state index in [9.17, 15) is 0 Å². The van der Waals surface area contributed by atoms with Gasteiger partial charge in [0.05, 0.1) is 12.3 Å². The van der Waals surface area contributed by atoms with Crippen LogP contribution in [0, 0.1) is 0 Å². The van der Waals surface area contributed by atoms with Crippen LogP contribution in [-0.2, 0) is 6.54 Å². The molecule has 0 bridgehead atoms. The number of hydrazone groups is 1. The van der Waals surface area contributed by atoms with E-state index < -0.39 is 0 Å². The molecule has 0 aliphatic carbocycles. The van der Waals surface area contributed by atoms with E-state index >= 15 is 0 Å². The second-order valence-electron chi connectivity index (χ2n) is 6.00. The van der Waals surface area contributed by atoms with Crippen LogP contribution in [-0.4, -0.2) is 24.3 Å². The number of nitrogens with one attached hydrogen (secondary N) is 1. The standard InChI is InChI=1S/C20H30BrN3/c1-6-7-10-17(4)23-24(20(16(2)3)13-14-22-5)15-18-11-8-9-12-19(18)21/h7-12,22H,6,13-15H2,1-5H3/b10-7+,23-17+. The molecule has 1 aromatic rings. The van der Waals surface area contributed by atoms with Crippen molar-refractivity contribution in [3.8, 4) is 0 Å². The van der Waals surface area contributed by atoms with Crippen LogP contribution in [0.25, 0.3) is 0 Å². The number of rotatable bonds is 9. The molecule has 1 N–H and O–H groups in total. The van der Waals surface area contributed by atoms with Crippen LogP contribution in [0.2, 0.25) is 0 Å². The molecule has 0 aliphatic rings. The first kappa shape index (κ1) is 20.7. The van der Waals surface area contributed by atoms with Crippen molar-refractivity contribution in [2.75, 3.05) is 13.6 Å². The van der Waals surface area contributed by atoms with E-state index in [2.05, 4.69) is 84.3 Å². The average Bonchev–Trinajstić information content (AvgIpc) is 2.55. The Balaban J connectivity index is 3.17. The topological polar surface area (TPSA) is 27.6 Å². The molecule has 3 nitrogen and oxygen atoms in total. The Morgan fingerprint density at radius 2 is 1.96 bits per heavy atom. The molecule has 24 heavy (non-hydrogen) atoms. The highest BCUT2D eigenvalue weighted by molar-refractivity contribution is 9.10. The van der Waals surface area contributed by atoms with E-state index in [1.54, 1.807) is 0 Å². The first-order valence-electron chi connectivity index (χ1n) is 8.53. The Kier molecular flexibility index (Phi) is 9.65. The van der Waals surface area contributed by atoms with Crippen molar-refractivity contribution < 1.29 is 0 Å². The Morgan fingerprint density at radius 1 is 1.25 bits per heavy atom. The molecule has 0 unspecified atom stereocenters. The lowest BCUT2D eigenvalue weighted by molar-refractivity contribution is 0.337. The summed E-state index contributed by atoms with van der Waals surface area (Å²) in [6, 6.07) is 8.34. The highest BCUT2D eigenvalue weighted by Crippen LogP contribution is 2.23. The van der Waals surface area contributed by atoms with Gasteiger partial charge in [0, 0.05) is 23.1 Å². The molecule has 4 heteroatoms. The molecule has 1 rings (SSSR count). The normalized spacial score (nSPS) is 11.8. The molecule has 0 saturated carbocycles. The summed E-state index contributed by atoms with van der Waals surface area (Å²) in [4.78, 5) is 0. The van der Waals surface area contributed by atoms with Crippen molar-refractivity contribution in [2.24, 2.45) is 5.10 Å². The number of hydrogen-bond acceptors (Lipinski definition) is 3. The van der Waals surface area contributed by atoms with Gasteiger partial charge in [-0.1, -0.05) is 52.7 Å². The summed E-state index contributed by atoms with van der Waals surface area (Å²) in [5.74, 6) is 0. The Hall–Kier alpha value is -1.39. The van der Waals surface area contributed by atoms with Crippen LogP contribution < -0.4 is 5.32 Å². The molecular weight excluding hydrogens is 362 g/mol. The first-order chi connectivity index (χ1) is 11.5. The summed E-state index contributed by atoms with van der Waals surface area (Å²) in [5.41, 5.74) is 4.82. The summed E-state index contributed by atoms with van der Waals surface area (Å²) in [6.07, 6.45) is 6.21. The molecule has 132 valence electrons. The summed E-state index contributed by atoms with van der Waals surface area (Å²) < 4.78 is 1.12. The van der Waals surface area contributed by atoms with Crippen LogP contribution in [0.3, 0.4) is 0 Å². The number of nitrogens with zero attached hydrogens (tertiary/aromatic N) is 2. The average molecular weight is 392 g/mol. The number of benzene rings is 1. The van der Waals surface area contributed by atoms with Crippen LogP contribution in [0.1, 0.15) is 46.1 Å². The molecule has 0 saturated heterocycles. The first-order valence-corrected chi connectivity index (χ1v) is 9.32. The van der Waals surface area contributed by atoms with Crippen molar-refractivity contribution in [3.05, 3.63) is 57.7 Å². The summed E-state index contributed by atoms with van der Waals surface area (Å²) >= 11 is 3.65. The van der Waals surface area contributed by atoms with Crippen molar-refractivity contribution in [1.29, 1.82) is 0 Å². The van der Waals surface area contributed by atoms with Gasteiger partial charge in [-0.05, 0) is 51.9 Å². The lowest BCUT2D eigenvalue weighted by atomic mass is 10.1. The maximum absolute atomic E-state index is 4.88. The largest absolute Gasteiger partial charge is 0.319 e. The fraction of sp³-hybridized carbons (Fsp3) is 0.450. The third kappa shape index (κ3) is 7.02. The Labute approximate surface area is 155 Å². The van der Waals surface area contributed by atoms with Gasteiger partial charge < -0.3 is 5.32 Å². The van der Waals surface area contributed by atoms with Gasteiger partial charge in [-0.15, -0.1) is 0 Å². The zero-order valence-corrected chi connectivity index (χ0v) is 17.2. The molecular formula is C20H30BrN3. The van der Waals surface area contributed by atoms with Gasteiger partial charge in [0.15, 0.2) is 0 Å². The van der Waals surface area contributed by atoms with E-state index in [4.69, 9.17) is 5.10 Å². The molecule has 0 spiro atoms. The van der Waals surface area contributed by atoms with Gasteiger partial charge in [-0.2, -0.15) is 5.10 Å². The maximum atomic E-state index is 4.88. The molecule has 0 aromatic heterocycles. The Morgan fingerprint density at radius 3 is 2.54 bits per heavy atom. The lowest BCUT2D eigenvalue weighted by Crippen LogP contribution is -2.22. The van der Waals surface area contributed by atoms with Crippen molar-refractivity contribution >= 4 is 21.6 Å². The van der Waals surface area contributed by atoms with E-state index in [1.807, 2.05) is 13.1 Å². The van der Waals surface area contributed by atoms with Crippen LogP contribution in [0.15, 0.2) is 57.3 Å². The van der Waals surface area contributed by atoms with Crippen LogP contribution in [0.5, 0.6) is 0 Å². The van der Waals surface area contributed by atoms with Crippen molar-refractivity contribution in [2.45, 2.75) is 47.1 Å². The molecule has 1 aromatic carbocycles. The maximum Gasteiger partial charge on any atom is 0.0673 e. The fourth-order valence-electron chi connectivity index (χ4n) is 2.37.